The smallest absolute Gasteiger partial charge is 0.150 e. The first-order chi connectivity index (χ1) is 7.31. The molecule has 0 fully saturated rings. The third-order valence-electron chi connectivity index (χ3n) is 2.12. The molecule has 15 heavy (non-hydrogen) atoms. The summed E-state index contributed by atoms with van der Waals surface area (Å²) >= 11 is 0. The highest BCUT2D eigenvalue weighted by Crippen LogP contribution is 2.22. The number of pyridine rings is 1. The predicted octanol–water partition coefficient (Wildman–Crippen LogP) is 2.70. The van der Waals surface area contributed by atoms with E-state index in [1.165, 1.54) is 18.2 Å². The number of halogens is 1. The minimum absolute atomic E-state index is 0.341. The first-order valence-electron chi connectivity index (χ1n) is 4.46. The molecule has 1 aromatic carbocycles. The molecule has 0 N–H and O–H groups in total. The van der Waals surface area contributed by atoms with Crippen molar-refractivity contribution in [3.8, 4) is 11.1 Å². The highest BCUT2D eigenvalue weighted by atomic mass is 19.1. The van der Waals surface area contributed by atoms with E-state index in [9.17, 15) is 9.18 Å². The van der Waals surface area contributed by atoms with Crippen molar-refractivity contribution >= 4 is 6.29 Å². The lowest BCUT2D eigenvalue weighted by molar-refractivity contribution is 0.112. The maximum absolute atomic E-state index is 13.5. The summed E-state index contributed by atoms with van der Waals surface area (Å²) in [5.74, 6) is -0.341. The summed E-state index contributed by atoms with van der Waals surface area (Å²) < 4.78 is 13.5. The monoisotopic (exact) mass is 201 g/mol. The van der Waals surface area contributed by atoms with E-state index in [0.717, 1.165) is 0 Å². The summed E-state index contributed by atoms with van der Waals surface area (Å²) in [4.78, 5) is 14.4. The van der Waals surface area contributed by atoms with E-state index < -0.39 is 0 Å². The van der Waals surface area contributed by atoms with Crippen molar-refractivity contribution in [3.63, 3.8) is 0 Å². The van der Waals surface area contributed by atoms with Crippen LogP contribution in [0.2, 0.25) is 0 Å². The molecule has 2 nitrogen and oxygen atoms in total. The van der Waals surface area contributed by atoms with Gasteiger partial charge in [0.25, 0.3) is 0 Å². The van der Waals surface area contributed by atoms with Crippen LogP contribution in [-0.2, 0) is 0 Å². The summed E-state index contributed by atoms with van der Waals surface area (Å²) in [6.45, 7) is 0. The summed E-state index contributed by atoms with van der Waals surface area (Å²) in [5.41, 5.74) is 1.59. The summed E-state index contributed by atoms with van der Waals surface area (Å²) in [5, 5.41) is 0. The van der Waals surface area contributed by atoms with E-state index in [0.29, 0.717) is 23.0 Å². The van der Waals surface area contributed by atoms with Gasteiger partial charge in [-0.3, -0.25) is 9.78 Å². The highest BCUT2D eigenvalue weighted by Gasteiger charge is 2.05. The topological polar surface area (TPSA) is 30.0 Å². The fourth-order valence-corrected chi connectivity index (χ4v) is 1.37. The predicted molar refractivity (Wildman–Crippen MR) is 55.0 cm³/mol. The third kappa shape index (κ3) is 1.91. The second kappa shape index (κ2) is 4.00. The van der Waals surface area contributed by atoms with Gasteiger partial charge in [-0.2, -0.15) is 0 Å². The number of hydrogen-bond acceptors (Lipinski definition) is 2. The zero-order valence-corrected chi connectivity index (χ0v) is 7.85. The molecule has 1 heterocycles. The zero-order chi connectivity index (χ0) is 10.7. The average Bonchev–Trinajstić information content (AvgIpc) is 2.31. The van der Waals surface area contributed by atoms with Gasteiger partial charge in [-0.25, -0.2) is 4.39 Å². The SMILES string of the molecule is O=Cc1ccc(F)c(-c2ccncc2)c1. The van der Waals surface area contributed by atoms with E-state index in [1.54, 1.807) is 24.5 Å². The lowest BCUT2D eigenvalue weighted by atomic mass is 10.0. The fraction of sp³-hybridized carbons (Fsp3) is 0. The molecule has 2 rings (SSSR count). The van der Waals surface area contributed by atoms with Gasteiger partial charge in [0, 0.05) is 23.5 Å². The fourth-order valence-electron chi connectivity index (χ4n) is 1.37. The maximum Gasteiger partial charge on any atom is 0.150 e. The minimum atomic E-state index is -0.341. The quantitative estimate of drug-likeness (QED) is 0.699. The number of aldehydes is 1. The largest absolute Gasteiger partial charge is 0.298 e. The number of carbonyl (C=O) groups is 1. The summed E-state index contributed by atoms with van der Waals surface area (Å²) in [6, 6.07) is 7.67. The minimum Gasteiger partial charge on any atom is -0.298 e. The van der Waals surface area contributed by atoms with Crippen LogP contribution >= 0.6 is 0 Å². The van der Waals surface area contributed by atoms with Crippen LogP contribution in [0.25, 0.3) is 11.1 Å². The van der Waals surface area contributed by atoms with Gasteiger partial charge in [-0.1, -0.05) is 0 Å². The van der Waals surface area contributed by atoms with Gasteiger partial charge in [-0.05, 0) is 35.9 Å². The van der Waals surface area contributed by atoms with Gasteiger partial charge in [0.15, 0.2) is 0 Å². The molecular formula is C12H8FNO. The molecule has 0 spiro atoms. The molecule has 0 atom stereocenters. The summed E-state index contributed by atoms with van der Waals surface area (Å²) in [7, 11) is 0. The number of aromatic nitrogens is 1. The van der Waals surface area contributed by atoms with Gasteiger partial charge >= 0.3 is 0 Å². The Morgan fingerprint density at radius 2 is 1.87 bits per heavy atom. The van der Waals surface area contributed by atoms with Crippen molar-refractivity contribution in [3.05, 3.63) is 54.1 Å². The normalized spacial score (nSPS) is 9.93. The molecule has 0 bridgehead atoms. The lowest BCUT2D eigenvalue weighted by Gasteiger charge is -2.03. The van der Waals surface area contributed by atoms with Crippen molar-refractivity contribution in [1.82, 2.24) is 4.98 Å². The van der Waals surface area contributed by atoms with Gasteiger partial charge in [0.2, 0.25) is 0 Å². The zero-order valence-electron chi connectivity index (χ0n) is 7.85. The van der Waals surface area contributed by atoms with Crippen molar-refractivity contribution in [2.24, 2.45) is 0 Å². The van der Waals surface area contributed by atoms with Crippen molar-refractivity contribution in [2.75, 3.05) is 0 Å². The molecule has 0 saturated heterocycles. The standard InChI is InChI=1S/C12H8FNO/c13-12-2-1-9(8-15)7-11(12)10-3-5-14-6-4-10/h1-8H. The van der Waals surface area contributed by atoms with E-state index in [1.807, 2.05) is 0 Å². The third-order valence-corrected chi connectivity index (χ3v) is 2.12. The van der Waals surface area contributed by atoms with Crippen LogP contribution in [0, 0.1) is 5.82 Å². The number of rotatable bonds is 2. The Labute approximate surface area is 86.4 Å². The molecule has 74 valence electrons. The van der Waals surface area contributed by atoms with Crippen molar-refractivity contribution < 1.29 is 9.18 Å². The van der Waals surface area contributed by atoms with Crippen LogP contribution < -0.4 is 0 Å². The first kappa shape index (κ1) is 9.52. The molecule has 0 aliphatic heterocycles. The van der Waals surface area contributed by atoms with Crippen molar-refractivity contribution in [1.29, 1.82) is 0 Å². The average molecular weight is 201 g/mol. The van der Waals surface area contributed by atoms with Crippen LogP contribution in [0.3, 0.4) is 0 Å². The Morgan fingerprint density at radius 3 is 2.53 bits per heavy atom. The first-order valence-corrected chi connectivity index (χ1v) is 4.46. The van der Waals surface area contributed by atoms with Gasteiger partial charge in [-0.15, -0.1) is 0 Å². The Morgan fingerprint density at radius 1 is 1.13 bits per heavy atom. The second-order valence-electron chi connectivity index (χ2n) is 3.09. The van der Waals surface area contributed by atoms with Crippen LogP contribution in [-0.4, -0.2) is 11.3 Å². The number of benzene rings is 1. The van der Waals surface area contributed by atoms with Crippen LogP contribution in [0.1, 0.15) is 10.4 Å². The molecule has 0 saturated carbocycles. The lowest BCUT2D eigenvalue weighted by Crippen LogP contribution is -1.88. The maximum atomic E-state index is 13.5. The molecule has 0 radical (unpaired) electrons. The Bertz CT molecular complexity index is 482. The Hall–Kier alpha value is -2.03. The van der Waals surface area contributed by atoms with Crippen molar-refractivity contribution in [2.45, 2.75) is 0 Å². The molecule has 2 aromatic rings. The van der Waals surface area contributed by atoms with Crippen LogP contribution in [0.5, 0.6) is 0 Å². The molecule has 0 amide bonds. The molecule has 0 aliphatic rings. The molecular weight excluding hydrogens is 193 g/mol. The molecule has 3 heteroatoms. The molecule has 0 aliphatic carbocycles. The number of carbonyl (C=O) groups excluding carboxylic acids is 1. The molecule has 1 aromatic heterocycles. The second-order valence-corrected chi connectivity index (χ2v) is 3.09. The summed E-state index contributed by atoms with van der Waals surface area (Å²) in [6.07, 6.45) is 3.87. The molecule has 0 unspecified atom stereocenters. The van der Waals surface area contributed by atoms with Gasteiger partial charge in [0.1, 0.15) is 12.1 Å². The van der Waals surface area contributed by atoms with E-state index in [2.05, 4.69) is 4.98 Å². The van der Waals surface area contributed by atoms with E-state index >= 15 is 0 Å². The number of nitrogens with zero attached hydrogens (tertiary/aromatic N) is 1. The van der Waals surface area contributed by atoms with E-state index in [-0.39, 0.29) is 5.82 Å². The van der Waals surface area contributed by atoms with Crippen LogP contribution in [0.15, 0.2) is 42.7 Å². The van der Waals surface area contributed by atoms with Gasteiger partial charge in [0.05, 0.1) is 0 Å². The Balaban J connectivity index is 2.57. The highest BCUT2D eigenvalue weighted by molar-refractivity contribution is 5.78. The van der Waals surface area contributed by atoms with E-state index in [4.69, 9.17) is 0 Å². The Kier molecular flexibility index (Phi) is 2.54. The number of hydrogen-bond donors (Lipinski definition) is 0. The van der Waals surface area contributed by atoms with Gasteiger partial charge < -0.3 is 0 Å². The van der Waals surface area contributed by atoms with Crippen LogP contribution in [0.4, 0.5) is 4.39 Å².